The van der Waals surface area contributed by atoms with Gasteiger partial charge in [-0.1, -0.05) is 37.3 Å². The highest BCUT2D eigenvalue weighted by atomic mass is 19.1. The summed E-state index contributed by atoms with van der Waals surface area (Å²) in [6.07, 6.45) is 2.60. The first-order chi connectivity index (χ1) is 17.4. The molecule has 0 unspecified atom stereocenters. The van der Waals surface area contributed by atoms with E-state index in [9.17, 15) is 14.0 Å². The standard InChI is InChI=1S/C29H39FN4O2/c1-3-31-17-13-25(14-18-31)29(36)33-20-19-32(21-24-9-11-27(30)12-10-24)15-6-16-34(23(2)35)28-8-5-4-7-26(28)22-33/h4-5,7-12,25H,3,6,13-22H2,1-2H3. The number of rotatable bonds is 4. The van der Waals surface area contributed by atoms with Gasteiger partial charge < -0.3 is 14.7 Å². The summed E-state index contributed by atoms with van der Waals surface area (Å²) < 4.78 is 13.4. The molecule has 2 aromatic rings. The highest BCUT2D eigenvalue weighted by Crippen LogP contribution is 2.26. The first-order valence-corrected chi connectivity index (χ1v) is 13.3. The summed E-state index contributed by atoms with van der Waals surface area (Å²) in [5, 5.41) is 0. The van der Waals surface area contributed by atoms with Gasteiger partial charge in [0.25, 0.3) is 0 Å². The van der Waals surface area contributed by atoms with E-state index in [0.29, 0.717) is 26.2 Å². The van der Waals surface area contributed by atoms with Crippen molar-refractivity contribution >= 4 is 17.5 Å². The van der Waals surface area contributed by atoms with Gasteiger partial charge in [-0.25, -0.2) is 4.39 Å². The first kappa shape index (κ1) is 26.3. The largest absolute Gasteiger partial charge is 0.337 e. The van der Waals surface area contributed by atoms with Gasteiger partial charge in [-0.3, -0.25) is 14.5 Å². The summed E-state index contributed by atoms with van der Waals surface area (Å²) in [6, 6.07) is 14.6. The first-order valence-electron chi connectivity index (χ1n) is 13.3. The van der Waals surface area contributed by atoms with Crippen LogP contribution in [0.4, 0.5) is 10.1 Å². The Hall–Kier alpha value is -2.77. The summed E-state index contributed by atoms with van der Waals surface area (Å²) in [5.41, 5.74) is 2.96. The zero-order chi connectivity index (χ0) is 25.5. The van der Waals surface area contributed by atoms with Crippen LogP contribution in [0.3, 0.4) is 0 Å². The molecule has 2 aromatic carbocycles. The Morgan fingerprint density at radius 3 is 2.31 bits per heavy atom. The fraction of sp³-hybridized carbons (Fsp3) is 0.517. The molecule has 0 spiro atoms. The number of anilines is 1. The van der Waals surface area contributed by atoms with Crippen molar-refractivity contribution in [2.75, 3.05) is 50.7 Å². The number of para-hydroxylation sites is 1. The molecule has 1 saturated heterocycles. The van der Waals surface area contributed by atoms with Crippen LogP contribution >= 0.6 is 0 Å². The van der Waals surface area contributed by atoms with E-state index in [1.54, 1.807) is 6.92 Å². The summed E-state index contributed by atoms with van der Waals surface area (Å²) in [6.45, 7) is 10.7. The van der Waals surface area contributed by atoms with Crippen LogP contribution in [-0.2, 0) is 22.7 Å². The van der Waals surface area contributed by atoms with Crippen LogP contribution in [0.5, 0.6) is 0 Å². The van der Waals surface area contributed by atoms with Gasteiger partial charge >= 0.3 is 0 Å². The molecule has 0 saturated carbocycles. The van der Waals surface area contributed by atoms with Gasteiger partial charge in [-0.05, 0) is 68.2 Å². The van der Waals surface area contributed by atoms with E-state index in [1.807, 2.05) is 46.2 Å². The minimum Gasteiger partial charge on any atom is -0.337 e. The van der Waals surface area contributed by atoms with Gasteiger partial charge in [0.15, 0.2) is 0 Å². The lowest BCUT2D eigenvalue weighted by atomic mass is 9.95. The zero-order valence-corrected chi connectivity index (χ0v) is 21.7. The van der Waals surface area contributed by atoms with E-state index < -0.39 is 0 Å². The number of nitrogens with zero attached hydrogens (tertiary/aromatic N) is 4. The summed E-state index contributed by atoms with van der Waals surface area (Å²) in [5.74, 6) is 0.0315. The molecule has 2 aliphatic heterocycles. The molecular weight excluding hydrogens is 455 g/mol. The zero-order valence-electron chi connectivity index (χ0n) is 21.7. The number of hydrogen-bond donors (Lipinski definition) is 0. The summed E-state index contributed by atoms with van der Waals surface area (Å²) >= 11 is 0. The summed E-state index contributed by atoms with van der Waals surface area (Å²) in [4.78, 5) is 35.0. The van der Waals surface area contributed by atoms with Crippen LogP contribution in [0.2, 0.25) is 0 Å². The molecule has 1 fully saturated rings. The highest BCUT2D eigenvalue weighted by molar-refractivity contribution is 5.92. The van der Waals surface area contributed by atoms with Crippen LogP contribution in [-0.4, -0.2) is 72.3 Å². The number of halogens is 1. The van der Waals surface area contributed by atoms with Gasteiger partial charge in [0.05, 0.1) is 0 Å². The van der Waals surface area contributed by atoms with E-state index >= 15 is 0 Å². The van der Waals surface area contributed by atoms with Gasteiger partial charge in [-0.15, -0.1) is 0 Å². The van der Waals surface area contributed by atoms with Crippen molar-refractivity contribution in [3.63, 3.8) is 0 Å². The molecule has 0 aromatic heterocycles. The Labute approximate surface area is 214 Å². The monoisotopic (exact) mass is 494 g/mol. The Balaban J connectivity index is 1.58. The smallest absolute Gasteiger partial charge is 0.226 e. The number of amides is 2. The SMILES string of the molecule is CCN1CCC(C(=O)N2CCN(Cc3ccc(F)cc3)CCCN(C(C)=O)c3ccccc3C2)CC1. The molecule has 0 bridgehead atoms. The molecule has 2 amide bonds. The van der Waals surface area contributed by atoms with Gasteiger partial charge in [0.1, 0.15) is 5.82 Å². The van der Waals surface area contributed by atoms with Crippen LogP contribution < -0.4 is 4.90 Å². The maximum Gasteiger partial charge on any atom is 0.226 e. The van der Waals surface area contributed by atoms with E-state index in [2.05, 4.69) is 16.7 Å². The van der Waals surface area contributed by atoms with Crippen molar-refractivity contribution < 1.29 is 14.0 Å². The van der Waals surface area contributed by atoms with Crippen molar-refractivity contribution in [3.8, 4) is 0 Å². The molecule has 0 N–H and O–H groups in total. The second kappa shape index (κ2) is 12.5. The molecule has 194 valence electrons. The van der Waals surface area contributed by atoms with Crippen LogP contribution in [0.25, 0.3) is 0 Å². The Bertz CT molecular complexity index is 1020. The predicted molar refractivity (Wildman–Crippen MR) is 141 cm³/mol. The van der Waals surface area contributed by atoms with E-state index in [4.69, 9.17) is 0 Å². The molecule has 7 heteroatoms. The highest BCUT2D eigenvalue weighted by Gasteiger charge is 2.29. The van der Waals surface area contributed by atoms with Gasteiger partial charge in [-0.2, -0.15) is 0 Å². The topological polar surface area (TPSA) is 47.1 Å². The quantitative estimate of drug-likeness (QED) is 0.641. The van der Waals surface area contributed by atoms with Crippen molar-refractivity contribution in [1.29, 1.82) is 0 Å². The van der Waals surface area contributed by atoms with Crippen molar-refractivity contribution in [2.24, 2.45) is 5.92 Å². The normalized spacial score (nSPS) is 19.0. The second-order valence-electron chi connectivity index (χ2n) is 10.0. The molecule has 2 heterocycles. The third kappa shape index (κ3) is 6.71. The number of carbonyl (C=O) groups excluding carboxylic acids is 2. The molecule has 4 rings (SSSR count). The molecule has 0 atom stereocenters. The molecule has 2 aliphatic rings. The average Bonchev–Trinajstić information content (AvgIpc) is 2.93. The number of likely N-dealkylation sites (tertiary alicyclic amines) is 1. The van der Waals surface area contributed by atoms with E-state index in [0.717, 1.165) is 68.8 Å². The fourth-order valence-electron chi connectivity index (χ4n) is 5.42. The lowest BCUT2D eigenvalue weighted by molar-refractivity contribution is -0.138. The fourth-order valence-corrected chi connectivity index (χ4v) is 5.42. The van der Waals surface area contributed by atoms with Crippen LogP contribution in [0.1, 0.15) is 44.2 Å². The number of hydrogen-bond acceptors (Lipinski definition) is 4. The van der Waals surface area contributed by atoms with Gasteiger partial charge in [0.2, 0.25) is 11.8 Å². The number of carbonyl (C=O) groups is 2. The Morgan fingerprint density at radius 2 is 1.61 bits per heavy atom. The molecule has 6 nitrogen and oxygen atoms in total. The van der Waals surface area contributed by atoms with Crippen molar-refractivity contribution in [3.05, 3.63) is 65.5 Å². The number of fused-ring (bicyclic) bond motifs is 1. The maximum atomic E-state index is 13.8. The molecular formula is C29H39FN4O2. The number of piperidine rings is 1. The van der Waals surface area contributed by atoms with Crippen LogP contribution in [0, 0.1) is 11.7 Å². The Kier molecular flexibility index (Phi) is 9.10. The minimum absolute atomic E-state index is 0.0107. The Morgan fingerprint density at radius 1 is 0.889 bits per heavy atom. The van der Waals surface area contributed by atoms with Crippen LogP contribution in [0.15, 0.2) is 48.5 Å². The van der Waals surface area contributed by atoms with Crippen molar-refractivity contribution in [2.45, 2.75) is 46.2 Å². The molecule has 0 radical (unpaired) electrons. The average molecular weight is 495 g/mol. The third-order valence-electron chi connectivity index (χ3n) is 7.58. The van der Waals surface area contributed by atoms with Crippen molar-refractivity contribution in [1.82, 2.24) is 14.7 Å². The minimum atomic E-state index is -0.239. The van der Waals surface area contributed by atoms with Gasteiger partial charge in [0, 0.05) is 57.8 Å². The second-order valence-corrected chi connectivity index (χ2v) is 10.0. The molecule has 36 heavy (non-hydrogen) atoms. The lowest BCUT2D eigenvalue weighted by Gasteiger charge is -2.35. The predicted octanol–water partition coefficient (Wildman–Crippen LogP) is 4.15. The van der Waals surface area contributed by atoms with E-state index in [-0.39, 0.29) is 23.5 Å². The maximum absolute atomic E-state index is 13.8. The third-order valence-corrected chi connectivity index (χ3v) is 7.58. The lowest BCUT2D eigenvalue weighted by Crippen LogP contribution is -2.44. The summed E-state index contributed by atoms with van der Waals surface area (Å²) in [7, 11) is 0. The van der Waals surface area contributed by atoms with E-state index in [1.165, 1.54) is 12.1 Å². The molecule has 0 aliphatic carbocycles. The number of benzene rings is 2.